The lowest BCUT2D eigenvalue weighted by Crippen LogP contribution is -2.14. The Morgan fingerprint density at radius 3 is 1.52 bits per heavy atom. The molecule has 0 fully saturated rings. The number of para-hydroxylation sites is 2. The predicted octanol–water partition coefficient (Wildman–Crippen LogP) is 17.2. The van der Waals surface area contributed by atoms with Gasteiger partial charge in [0, 0.05) is 38.8 Å². The van der Waals surface area contributed by atoms with Crippen LogP contribution in [0.25, 0.3) is 99.5 Å². The Kier molecular flexibility index (Phi) is 7.68. The number of nitrogens with zero attached hydrogens (tertiary/aromatic N) is 1. The predicted molar refractivity (Wildman–Crippen MR) is 264 cm³/mol. The molecule has 1 aromatic heterocycles. The fourth-order valence-electron chi connectivity index (χ4n) is 10.7. The highest BCUT2D eigenvalue weighted by Gasteiger charge is 2.35. The Labute approximate surface area is 367 Å². The Balaban J connectivity index is 0.893. The first-order valence-corrected chi connectivity index (χ1v) is 21.9. The molecule has 63 heavy (non-hydrogen) atoms. The third-order valence-corrected chi connectivity index (χ3v) is 13.9. The first-order chi connectivity index (χ1) is 31.0. The van der Waals surface area contributed by atoms with Gasteiger partial charge in [-0.05, 0) is 132 Å². The van der Waals surface area contributed by atoms with E-state index >= 15 is 0 Å². The minimum absolute atomic E-state index is 0.0509. The van der Waals surface area contributed by atoms with Gasteiger partial charge in [0.25, 0.3) is 0 Å². The lowest BCUT2D eigenvalue weighted by atomic mass is 9.81. The smallest absolute Gasteiger partial charge is 0.143 e. The lowest BCUT2D eigenvalue weighted by molar-refractivity contribution is 0.660. The van der Waals surface area contributed by atoms with E-state index in [1.54, 1.807) is 0 Å². The van der Waals surface area contributed by atoms with Crippen molar-refractivity contribution in [3.05, 3.63) is 223 Å². The molecule has 1 heterocycles. The number of furan rings is 1. The van der Waals surface area contributed by atoms with E-state index in [1.165, 1.54) is 77.5 Å². The van der Waals surface area contributed by atoms with Crippen molar-refractivity contribution in [3.8, 4) is 66.8 Å². The summed E-state index contributed by atoms with van der Waals surface area (Å²) in [6.45, 7) is 4.70. The summed E-state index contributed by atoms with van der Waals surface area (Å²) >= 11 is 0. The maximum absolute atomic E-state index is 6.45. The van der Waals surface area contributed by atoms with Crippen molar-refractivity contribution in [2.24, 2.45) is 0 Å². The summed E-state index contributed by atoms with van der Waals surface area (Å²) in [6, 6.07) is 77.8. The Morgan fingerprint density at radius 2 is 0.810 bits per heavy atom. The number of fused-ring (bicyclic) bond motifs is 9. The molecule has 11 aromatic rings. The number of benzene rings is 10. The molecule has 2 heteroatoms. The summed E-state index contributed by atoms with van der Waals surface area (Å²) < 4.78 is 6.45. The Hall–Kier alpha value is -7.94. The molecule has 0 spiro atoms. The summed E-state index contributed by atoms with van der Waals surface area (Å²) in [5.74, 6) is 0. The van der Waals surface area contributed by atoms with Gasteiger partial charge in [-0.3, -0.25) is 0 Å². The molecule has 0 N–H and O–H groups in total. The van der Waals surface area contributed by atoms with Gasteiger partial charge in [-0.15, -0.1) is 0 Å². The van der Waals surface area contributed by atoms with E-state index in [-0.39, 0.29) is 5.41 Å². The second-order valence-electron chi connectivity index (χ2n) is 17.6. The Morgan fingerprint density at radius 1 is 0.333 bits per heavy atom. The van der Waals surface area contributed by atoms with Crippen LogP contribution in [0.2, 0.25) is 0 Å². The van der Waals surface area contributed by atoms with Gasteiger partial charge in [-0.2, -0.15) is 0 Å². The van der Waals surface area contributed by atoms with Crippen LogP contribution in [0.1, 0.15) is 25.0 Å². The molecule has 0 saturated carbocycles. The Bertz CT molecular complexity index is 3600. The van der Waals surface area contributed by atoms with Crippen LogP contribution in [0.4, 0.5) is 17.1 Å². The van der Waals surface area contributed by atoms with Crippen LogP contribution in [-0.4, -0.2) is 0 Å². The zero-order chi connectivity index (χ0) is 41.8. The van der Waals surface area contributed by atoms with E-state index in [0.29, 0.717) is 0 Å². The highest BCUT2D eigenvalue weighted by Crippen LogP contribution is 2.51. The highest BCUT2D eigenvalue weighted by atomic mass is 16.3. The van der Waals surface area contributed by atoms with Crippen molar-refractivity contribution < 1.29 is 4.42 Å². The van der Waals surface area contributed by atoms with Gasteiger partial charge in [-0.25, -0.2) is 0 Å². The van der Waals surface area contributed by atoms with Crippen LogP contribution in [0.3, 0.4) is 0 Å². The summed E-state index contributed by atoms with van der Waals surface area (Å²) in [4.78, 5) is 2.37. The van der Waals surface area contributed by atoms with Crippen LogP contribution < -0.4 is 4.90 Å². The van der Waals surface area contributed by atoms with E-state index < -0.39 is 0 Å². The molecule has 0 saturated heterocycles. The second-order valence-corrected chi connectivity index (χ2v) is 17.6. The largest absolute Gasteiger partial charge is 0.455 e. The molecular formula is C61H41NO. The molecule has 0 aliphatic heterocycles. The molecule has 13 rings (SSSR count). The van der Waals surface area contributed by atoms with Crippen LogP contribution in [0.15, 0.2) is 217 Å². The zero-order valence-electron chi connectivity index (χ0n) is 35.1. The highest BCUT2D eigenvalue weighted by molar-refractivity contribution is 6.18. The van der Waals surface area contributed by atoms with Crippen LogP contribution in [0, 0.1) is 0 Å². The van der Waals surface area contributed by atoms with Crippen LogP contribution >= 0.6 is 0 Å². The van der Waals surface area contributed by atoms with E-state index in [2.05, 4.69) is 219 Å². The number of rotatable bonds is 6. The van der Waals surface area contributed by atoms with E-state index in [4.69, 9.17) is 4.42 Å². The van der Waals surface area contributed by atoms with Gasteiger partial charge in [0.15, 0.2) is 0 Å². The average molecular weight is 804 g/mol. The molecule has 0 bridgehead atoms. The molecule has 0 radical (unpaired) electrons. The minimum atomic E-state index is -0.0509. The molecule has 2 nitrogen and oxygen atoms in total. The summed E-state index contributed by atoms with van der Waals surface area (Å²) in [5.41, 5.74) is 22.9. The van der Waals surface area contributed by atoms with Crippen molar-refractivity contribution in [2.75, 3.05) is 4.90 Å². The van der Waals surface area contributed by atoms with Gasteiger partial charge >= 0.3 is 0 Å². The monoisotopic (exact) mass is 803 g/mol. The molecule has 0 unspecified atom stereocenters. The molecular weight excluding hydrogens is 763 g/mol. The molecule has 10 aromatic carbocycles. The minimum Gasteiger partial charge on any atom is -0.455 e. The maximum atomic E-state index is 6.45. The topological polar surface area (TPSA) is 16.4 Å². The average Bonchev–Trinajstić information content (AvgIpc) is 3.96. The standard InChI is InChI=1S/C61H41NO/c1-61(2)56-19-7-5-13-49(56)50-34-27-41(37-57(50)61)38-21-28-42(29-22-38)62(44-32-25-40(26-33-44)46-15-9-18-55-51-14-6-8-20-58(51)63-60(46)55)43-30-23-39(24-31-43)45-35-36-54-48-12-4-3-11-47(48)53-17-10-16-52(45)59(53)54/h3-37H,1-2H3. The van der Waals surface area contributed by atoms with Gasteiger partial charge in [0.05, 0.1) is 0 Å². The third kappa shape index (κ3) is 5.38. The van der Waals surface area contributed by atoms with Gasteiger partial charge in [0.1, 0.15) is 11.2 Å². The molecule has 2 aliphatic carbocycles. The quantitative estimate of drug-likeness (QED) is 0.166. The first-order valence-electron chi connectivity index (χ1n) is 21.9. The van der Waals surface area contributed by atoms with E-state index in [9.17, 15) is 0 Å². The van der Waals surface area contributed by atoms with Crippen molar-refractivity contribution >= 4 is 49.8 Å². The lowest BCUT2D eigenvalue weighted by Gasteiger charge is -2.26. The molecule has 2 aliphatic rings. The number of hydrogen-bond donors (Lipinski definition) is 0. The molecule has 0 atom stereocenters. The maximum Gasteiger partial charge on any atom is 0.143 e. The number of hydrogen-bond acceptors (Lipinski definition) is 2. The summed E-state index contributed by atoms with van der Waals surface area (Å²) in [5, 5.41) is 4.90. The fraction of sp³-hybridized carbons (Fsp3) is 0.0492. The normalized spacial score (nSPS) is 13.0. The van der Waals surface area contributed by atoms with Gasteiger partial charge in [-0.1, -0.05) is 178 Å². The van der Waals surface area contributed by atoms with Crippen LogP contribution in [-0.2, 0) is 5.41 Å². The molecule has 296 valence electrons. The van der Waals surface area contributed by atoms with Gasteiger partial charge in [0.2, 0.25) is 0 Å². The SMILES string of the molecule is CC1(C)c2ccccc2-c2ccc(-c3ccc(N(c4ccc(-c5ccc6c7c(cccc57)-c5ccccc5-6)cc4)c4ccc(-c5cccc6c5oc5ccccc56)cc4)cc3)cc21. The van der Waals surface area contributed by atoms with E-state index in [1.807, 2.05) is 12.1 Å². The van der Waals surface area contributed by atoms with Crippen molar-refractivity contribution in [3.63, 3.8) is 0 Å². The van der Waals surface area contributed by atoms with Crippen LogP contribution in [0.5, 0.6) is 0 Å². The summed E-state index contributed by atoms with van der Waals surface area (Å²) in [7, 11) is 0. The fourth-order valence-corrected chi connectivity index (χ4v) is 10.7. The molecule has 0 amide bonds. The number of anilines is 3. The van der Waals surface area contributed by atoms with Gasteiger partial charge < -0.3 is 9.32 Å². The van der Waals surface area contributed by atoms with Crippen molar-refractivity contribution in [2.45, 2.75) is 19.3 Å². The van der Waals surface area contributed by atoms with Crippen molar-refractivity contribution in [1.29, 1.82) is 0 Å². The van der Waals surface area contributed by atoms with E-state index in [0.717, 1.165) is 50.1 Å². The second kappa shape index (κ2) is 13.5. The third-order valence-electron chi connectivity index (χ3n) is 13.9. The van der Waals surface area contributed by atoms with Crippen molar-refractivity contribution in [1.82, 2.24) is 0 Å². The summed E-state index contributed by atoms with van der Waals surface area (Å²) in [6.07, 6.45) is 0. The first kappa shape index (κ1) is 35.8. The zero-order valence-corrected chi connectivity index (χ0v) is 35.1.